The number of nitrogens with zero attached hydrogens (tertiary/aromatic N) is 1. The van der Waals surface area contributed by atoms with Gasteiger partial charge in [-0.2, -0.15) is 0 Å². The van der Waals surface area contributed by atoms with Crippen molar-refractivity contribution >= 4 is 5.91 Å². The number of carbonyl (C=O) groups excluding carboxylic acids is 1. The molecule has 0 aliphatic heterocycles. The molecule has 1 fully saturated rings. The third-order valence-corrected chi connectivity index (χ3v) is 4.52. The van der Waals surface area contributed by atoms with Crippen LogP contribution in [0.25, 0.3) is 0 Å². The van der Waals surface area contributed by atoms with Gasteiger partial charge in [-0.15, -0.1) is 0 Å². The fourth-order valence-electron chi connectivity index (χ4n) is 3.26. The molecule has 0 bridgehead atoms. The van der Waals surface area contributed by atoms with Gasteiger partial charge in [0.05, 0.1) is 0 Å². The van der Waals surface area contributed by atoms with Crippen LogP contribution in [0.2, 0.25) is 0 Å². The number of halogens is 1. The summed E-state index contributed by atoms with van der Waals surface area (Å²) >= 11 is 0. The van der Waals surface area contributed by atoms with Crippen molar-refractivity contribution in [1.29, 1.82) is 0 Å². The molecule has 2 N–H and O–H groups in total. The van der Waals surface area contributed by atoms with Gasteiger partial charge < -0.3 is 5.73 Å². The SMILES string of the molecule is CCN(CC)C(c1ccc(F)cc1)C1CCC1C(N)=O. The second kappa shape index (κ2) is 6.35. The molecule has 1 aromatic rings. The maximum atomic E-state index is 13.1. The number of hydrogen-bond acceptors (Lipinski definition) is 2. The van der Waals surface area contributed by atoms with E-state index in [2.05, 4.69) is 18.7 Å². The van der Waals surface area contributed by atoms with Gasteiger partial charge in [0.25, 0.3) is 0 Å². The molecule has 0 radical (unpaired) electrons. The van der Waals surface area contributed by atoms with Crippen molar-refractivity contribution in [2.45, 2.75) is 32.7 Å². The Hall–Kier alpha value is -1.42. The summed E-state index contributed by atoms with van der Waals surface area (Å²) in [7, 11) is 0. The third-order valence-electron chi connectivity index (χ3n) is 4.52. The van der Waals surface area contributed by atoms with Crippen LogP contribution in [-0.2, 0) is 4.79 Å². The van der Waals surface area contributed by atoms with E-state index in [1.165, 1.54) is 12.1 Å². The van der Waals surface area contributed by atoms with E-state index in [0.29, 0.717) is 0 Å². The Kier molecular flexibility index (Phi) is 4.76. The van der Waals surface area contributed by atoms with E-state index < -0.39 is 0 Å². The lowest BCUT2D eigenvalue weighted by molar-refractivity contribution is -0.129. The van der Waals surface area contributed by atoms with Crippen molar-refractivity contribution < 1.29 is 9.18 Å². The molecule has 1 aromatic carbocycles. The smallest absolute Gasteiger partial charge is 0.220 e. The van der Waals surface area contributed by atoms with Gasteiger partial charge in [0.1, 0.15) is 5.82 Å². The summed E-state index contributed by atoms with van der Waals surface area (Å²) < 4.78 is 13.1. The van der Waals surface area contributed by atoms with E-state index in [0.717, 1.165) is 31.5 Å². The highest BCUT2D eigenvalue weighted by molar-refractivity contribution is 5.78. The summed E-state index contributed by atoms with van der Waals surface area (Å²) in [4.78, 5) is 13.9. The topological polar surface area (TPSA) is 46.3 Å². The molecule has 4 heteroatoms. The van der Waals surface area contributed by atoms with Crippen molar-refractivity contribution in [3.8, 4) is 0 Å². The van der Waals surface area contributed by atoms with Crippen molar-refractivity contribution in [2.75, 3.05) is 13.1 Å². The molecule has 3 unspecified atom stereocenters. The first-order valence-corrected chi connectivity index (χ1v) is 7.37. The van der Waals surface area contributed by atoms with Crippen LogP contribution < -0.4 is 5.73 Å². The van der Waals surface area contributed by atoms with E-state index >= 15 is 0 Å². The number of benzene rings is 1. The number of primary amides is 1. The zero-order valence-corrected chi connectivity index (χ0v) is 12.2. The van der Waals surface area contributed by atoms with Crippen LogP contribution >= 0.6 is 0 Å². The van der Waals surface area contributed by atoms with Crippen LogP contribution in [-0.4, -0.2) is 23.9 Å². The fourth-order valence-corrected chi connectivity index (χ4v) is 3.26. The summed E-state index contributed by atoms with van der Waals surface area (Å²) in [6.45, 7) is 6.02. The van der Waals surface area contributed by atoms with Crippen LogP contribution in [0.15, 0.2) is 24.3 Å². The van der Waals surface area contributed by atoms with E-state index in [1.54, 1.807) is 0 Å². The quantitative estimate of drug-likeness (QED) is 0.869. The highest BCUT2D eigenvalue weighted by atomic mass is 19.1. The molecule has 1 saturated carbocycles. The Morgan fingerprint density at radius 2 is 1.90 bits per heavy atom. The van der Waals surface area contributed by atoms with Gasteiger partial charge in [-0.1, -0.05) is 26.0 Å². The largest absolute Gasteiger partial charge is 0.369 e. The average molecular weight is 278 g/mol. The average Bonchev–Trinajstić information content (AvgIpc) is 2.38. The molecule has 2 rings (SSSR count). The van der Waals surface area contributed by atoms with Crippen LogP contribution in [0, 0.1) is 17.7 Å². The summed E-state index contributed by atoms with van der Waals surface area (Å²) in [5.74, 6) is -0.240. The normalized spacial score (nSPS) is 23.4. The van der Waals surface area contributed by atoms with Gasteiger partial charge in [0, 0.05) is 12.0 Å². The molecular formula is C16H23FN2O. The highest BCUT2D eigenvalue weighted by Gasteiger charge is 2.42. The zero-order valence-electron chi connectivity index (χ0n) is 12.2. The number of carbonyl (C=O) groups is 1. The molecule has 3 atom stereocenters. The predicted molar refractivity (Wildman–Crippen MR) is 77.5 cm³/mol. The lowest BCUT2D eigenvalue weighted by atomic mass is 9.67. The van der Waals surface area contributed by atoms with Gasteiger partial charge in [-0.25, -0.2) is 4.39 Å². The first kappa shape index (κ1) is 15.0. The summed E-state index contributed by atoms with van der Waals surface area (Å²) in [5.41, 5.74) is 6.57. The molecule has 1 aliphatic carbocycles. The second-order valence-corrected chi connectivity index (χ2v) is 5.47. The molecule has 0 heterocycles. The monoisotopic (exact) mass is 278 g/mol. The molecule has 1 amide bonds. The lowest BCUT2D eigenvalue weighted by Gasteiger charge is -2.45. The van der Waals surface area contributed by atoms with Crippen molar-refractivity contribution in [2.24, 2.45) is 17.6 Å². The Balaban J connectivity index is 2.29. The molecule has 1 aliphatic rings. The molecule has 110 valence electrons. The standard InChI is InChI=1S/C16H23FN2O/c1-3-19(4-2)15(11-5-7-12(17)8-6-11)13-9-10-14(13)16(18)20/h5-8,13-15H,3-4,9-10H2,1-2H3,(H2,18,20). The molecule has 0 saturated heterocycles. The van der Waals surface area contributed by atoms with E-state index in [4.69, 9.17) is 5.73 Å². The summed E-state index contributed by atoms with van der Waals surface area (Å²) in [5, 5.41) is 0. The Labute approximate surface area is 120 Å². The minimum absolute atomic E-state index is 0.0503. The van der Waals surface area contributed by atoms with Gasteiger partial charge in [-0.3, -0.25) is 9.69 Å². The molecule has 3 nitrogen and oxygen atoms in total. The molecule has 20 heavy (non-hydrogen) atoms. The minimum atomic E-state index is -0.230. The van der Waals surface area contributed by atoms with Gasteiger partial charge in [0.2, 0.25) is 5.91 Å². The minimum Gasteiger partial charge on any atom is -0.369 e. The molecule has 0 spiro atoms. The predicted octanol–water partition coefficient (Wildman–Crippen LogP) is 2.72. The maximum absolute atomic E-state index is 13.1. The fraction of sp³-hybridized carbons (Fsp3) is 0.562. The van der Waals surface area contributed by atoms with E-state index in [-0.39, 0.29) is 29.6 Å². The number of nitrogens with two attached hydrogens (primary N) is 1. The summed E-state index contributed by atoms with van der Waals surface area (Å²) in [6, 6.07) is 6.79. The first-order chi connectivity index (χ1) is 9.58. The summed E-state index contributed by atoms with van der Waals surface area (Å²) in [6.07, 6.45) is 1.88. The number of rotatable bonds is 6. The van der Waals surface area contributed by atoms with Crippen LogP contribution in [0.4, 0.5) is 4.39 Å². The first-order valence-electron chi connectivity index (χ1n) is 7.37. The third kappa shape index (κ3) is 2.85. The van der Waals surface area contributed by atoms with Gasteiger partial charge in [-0.05, 0) is 49.5 Å². The van der Waals surface area contributed by atoms with E-state index in [1.807, 2.05) is 12.1 Å². The second-order valence-electron chi connectivity index (χ2n) is 5.47. The maximum Gasteiger partial charge on any atom is 0.220 e. The van der Waals surface area contributed by atoms with Gasteiger partial charge >= 0.3 is 0 Å². The van der Waals surface area contributed by atoms with Crippen molar-refractivity contribution in [3.63, 3.8) is 0 Å². The van der Waals surface area contributed by atoms with Crippen LogP contribution in [0.1, 0.15) is 38.3 Å². The van der Waals surface area contributed by atoms with Crippen molar-refractivity contribution in [1.82, 2.24) is 4.90 Å². The Morgan fingerprint density at radius 1 is 1.30 bits per heavy atom. The Morgan fingerprint density at radius 3 is 2.30 bits per heavy atom. The van der Waals surface area contributed by atoms with Crippen molar-refractivity contribution in [3.05, 3.63) is 35.6 Å². The van der Waals surface area contributed by atoms with E-state index in [9.17, 15) is 9.18 Å². The molecule has 0 aromatic heterocycles. The van der Waals surface area contributed by atoms with Gasteiger partial charge in [0.15, 0.2) is 0 Å². The number of amides is 1. The Bertz CT molecular complexity index is 456. The lowest BCUT2D eigenvalue weighted by Crippen LogP contribution is -2.46. The molecular weight excluding hydrogens is 255 g/mol. The highest BCUT2D eigenvalue weighted by Crippen LogP contribution is 2.45. The van der Waals surface area contributed by atoms with Crippen LogP contribution in [0.3, 0.4) is 0 Å². The zero-order chi connectivity index (χ0) is 14.7. The van der Waals surface area contributed by atoms with Crippen LogP contribution in [0.5, 0.6) is 0 Å². The number of hydrogen-bond donors (Lipinski definition) is 1.